The van der Waals surface area contributed by atoms with Gasteiger partial charge in [-0.3, -0.25) is 19.3 Å². The zero-order chi connectivity index (χ0) is 33.3. The number of hydrogen-bond donors (Lipinski definition) is 4. The molecular formula is C33H38F2N8O4. The smallest absolute Gasteiger partial charge is 0.254 e. The van der Waals surface area contributed by atoms with E-state index in [-0.39, 0.29) is 29.9 Å². The highest BCUT2D eigenvalue weighted by atomic mass is 19.2. The van der Waals surface area contributed by atoms with Crippen LogP contribution in [-0.4, -0.2) is 99.2 Å². The van der Waals surface area contributed by atoms with E-state index < -0.39 is 23.3 Å². The number of β-amino-alcohol motifs (C(OH)–C–C–N with tert-alkyl or cyclic N) is 1. The van der Waals surface area contributed by atoms with Gasteiger partial charge in [0.1, 0.15) is 6.73 Å². The number of ether oxygens (including phenoxy) is 1. The minimum atomic E-state index is -1.09. The number of anilines is 2. The Kier molecular flexibility index (Phi) is 9.08. The molecule has 14 heteroatoms. The number of rotatable bonds is 9. The van der Waals surface area contributed by atoms with Crippen molar-refractivity contribution >= 4 is 29.0 Å². The molecule has 0 aliphatic carbocycles. The van der Waals surface area contributed by atoms with Crippen LogP contribution in [0.25, 0.3) is 16.9 Å². The summed E-state index contributed by atoms with van der Waals surface area (Å²) in [6, 6.07) is 7.76. The number of amides is 2. The molecule has 4 aromatic rings. The first-order valence-electron chi connectivity index (χ1n) is 15.6. The molecule has 6 rings (SSSR count). The standard InChI is InChI=1S/C33H38F2N8O4/c1-4-33(46)16-24(39-18-33)32(45)42-13-11-41(12-14-42)31(44)22-6-5-21(15-20(22)2)40-29-30-38-17-25(43(30)10-9-37-29)23-7-8-26(47-19-36-3)28(35)27(23)34/h5-10,15,17,24,36,39,46H,4,11-14,16,18-19H2,1-3H3,(H,37,40)/t24-,33+/m0/s1. The van der Waals surface area contributed by atoms with Crippen molar-refractivity contribution in [3.05, 3.63) is 71.7 Å². The lowest BCUT2D eigenvalue weighted by atomic mass is 9.97. The van der Waals surface area contributed by atoms with Crippen LogP contribution in [-0.2, 0) is 4.79 Å². The third kappa shape index (κ3) is 6.35. The van der Waals surface area contributed by atoms with Crippen molar-refractivity contribution in [1.29, 1.82) is 0 Å². The van der Waals surface area contributed by atoms with Gasteiger partial charge in [-0.2, -0.15) is 4.39 Å². The first kappa shape index (κ1) is 32.3. The van der Waals surface area contributed by atoms with E-state index in [1.54, 1.807) is 39.6 Å². The molecule has 248 valence electrons. The first-order valence-corrected chi connectivity index (χ1v) is 15.6. The summed E-state index contributed by atoms with van der Waals surface area (Å²) in [7, 11) is 1.63. The Morgan fingerprint density at radius 1 is 1.11 bits per heavy atom. The minimum Gasteiger partial charge on any atom is -0.475 e. The van der Waals surface area contributed by atoms with Crippen LogP contribution in [0.4, 0.5) is 20.3 Å². The molecule has 0 radical (unpaired) electrons. The molecule has 2 aromatic heterocycles. The van der Waals surface area contributed by atoms with Crippen LogP contribution >= 0.6 is 0 Å². The lowest BCUT2D eigenvalue weighted by molar-refractivity contribution is -0.135. The second-order valence-electron chi connectivity index (χ2n) is 12.0. The van der Waals surface area contributed by atoms with Gasteiger partial charge in [-0.15, -0.1) is 0 Å². The number of carbonyl (C=O) groups is 2. The maximum Gasteiger partial charge on any atom is 0.254 e. The second kappa shape index (κ2) is 13.2. The number of piperazine rings is 1. The van der Waals surface area contributed by atoms with Crippen molar-refractivity contribution in [2.24, 2.45) is 0 Å². The van der Waals surface area contributed by atoms with Crippen molar-refractivity contribution in [3.8, 4) is 17.0 Å². The zero-order valence-corrected chi connectivity index (χ0v) is 26.5. The van der Waals surface area contributed by atoms with Crippen LogP contribution in [0.15, 0.2) is 48.9 Å². The molecule has 2 fully saturated rings. The van der Waals surface area contributed by atoms with Gasteiger partial charge in [0.25, 0.3) is 5.91 Å². The van der Waals surface area contributed by atoms with Gasteiger partial charge in [0.15, 0.2) is 23.0 Å². The fraction of sp³-hybridized carbons (Fsp3) is 0.394. The molecule has 2 saturated heterocycles. The molecule has 12 nitrogen and oxygen atoms in total. The van der Waals surface area contributed by atoms with Crippen molar-refractivity contribution < 1.29 is 28.2 Å². The highest BCUT2D eigenvalue weighted by Gasteiger charge is 2.41. The summed E-state index contributed by atoms with van der Waals surface area (Å²) in [6.07, 6.45) is 5.57. The summed E-state index contributed by atoms with van der Waals surface area (Å²) >= 11 is 0. The third-order valence-corrected chi connectivity index (χ3v) is 8.94. The molecule has 0 spiro atoms. The van der Waals surface area contributed by atoms with Crippen molar-refractivity contribution in [3.63, 3.8) is 0 Å². The Hall–Kier alpha value is -4.66. The number of aromatic nitrogens is 3. The van der Waals surface area contributed by atoms with Gasteiger partial charge in [0.05, 0.1) is 23.5 Å². The molecule has 2 amide bonds. The first-order chi connectivity index (χ1) is 22.6. The Labute approximate surface area is 270 Å². The molecule has 0 unspecified atom stereocenters. The lowest BCUT2D eigenvalue weighted by Gasteiger charge is -2.36. The number of aliphatic hydroxyl groups is 1. The maximum atomic E-state index is 15.1. The van der Waals surface area contributed by atoms with E-state index in [9.17, 15) is 19.1 Å². The van der Waals surface area contributed by atoms with Gasteiger partial charge in [-0.25, -0.2) is 14.4 Å². The molecule has 4 N–H and O–H groups in total. The maximum absolute atomic E-state index is 15.1. The van der Waals surface area contributed by atoms with Gasteiger partial charge in [-0.1, -0.05) is 6.92 Å². The molecule has 2 aliphatic heterocycles. The Balaban J connectivity index is 1.12. The largest absolute Gasteiger partial charge is 0.475 e. The van der Waals surface area contributed by atoms with E-state index in [2.05, 4.69) is 25.9 Å². The van der Waals surface area contributed by atoms with Crippen molar-refractivity contribution in [2.75, 3.05) is 51.8 Å². The van der Waals surface area contributed by atoms with Crippen molar-refractivity contribution in [1.82, 2.24) is 34.8 Å². The fourth-order valence-electron chi connectivity index (χ4n) is 6.12. The monoisotopic (exact) mass is 648 g/mol. The van der Waals surface area contributed by atoms with Gasteiger partial charge >= 0.3 is 0 Å². The third-order valence-electron chi connectivity index (χ3n) is 8.94. The zero-order valence-electron chi connectivity index (χ0n) is 26.5. The lowest BCUT2D eigenvalue weighted by Crippen LogP contribution is -2.54. The van der Waals surface area contributed by atoms with Crippen LogP contribution in [0.2, 0.25) is 0 Å². The van der Waals surface area contributed by atoms with Crippen LogP contribution in [0.1, 0.15) is 35.7 Å². The van der Waals surface area contributed by atoms with Crippen LogP contribution in [0.3, 0.4) is 0 Å². The summed E-state index contributed by atoms with van der Waals surface area (Å²) in [6.45, 7) is 5.88. The summed E-state index contributed by atoms with van der Waals surface area (Å²) in [4.78, 5) is 38.8. The predicted octanol–water partition coefficient (Wildman–Crippen LogP) is 3.07. The number of imidazole rings is 1. The van der Waals surface area contributed by atoms with E-state index in [1.165, 1.54) is 24.5 Å². The number of benzene rings is 2. The average molecular weight is 649 g/mol. The Bertz CT molecular complexity index is 1810. The van der Waals surface area contributed by atoms with Crippen molar-refractivity contribution in [2.45, 2.75) is 38.3 Å². The summed E-state index contributed by atoms with van der Waals surface area (Å²) in [5.41, 5.74) is 1.87. The van der Waals surface area contributed by atoms with E-state index >= 15 is 4.39 Å². The highest BCUT2D eigenvalue weighted by molar-refractivity contribution is 5.96. The summed E-state index contributed by atoms with van der Waals surface area (Å²) < 4.78 is 36.6. The minimum absolute atomic E-state index is 0.0201. The molecule has 2 aliphatic rings. The number of hydrogen-bond acceptors (Lipinski definition) is 9. The van der Waals surface area contributed by atoms with Gasteiger partial charge < -0.3 is 30.3 Å². The van der Waals surface area contributed by atoms with Gasteiger partial charge in [0, 0.05) is 68.4 Å². The van der Waals surface area contributed by atoms with Crippen LogP contribution in [0.5, 0.6) is 5.75 Å². The molecule has 0 bridgehead atoms. The van der Waals surface area contributed by atoms with E-state index in [4.69, 9.17) is 4.74 Å². The Morgan fingerprint density at radius 3 is 2.57 bits per heavy atom. The second-order valence-corrected chi connectivity index (χ2v) is 12.0. The fourth-order valence-corrected chi connectivity index (χ4v) is 6.12. The average Bonchev–Trinajstić information content (AvgIpc) is 3.70. The molecule has 4 heterocycles. The molecule has 47 heavy (non-hydrogen) atoms. The van der Waals surface area contributed by atoms with Gasteiger partial charge in [-0.05, 0) is 56.3 Å². The summed E-state index contributed by atoms with van der Waals surface area (Å²) in [5.74, 6) is -2.10. The van der Waals surface area contributed by atoms with Crippen LogP contribution < -0.4 is 20.7 Å². The predicted molar refractivity (Wildman–Crippen MR) is 171 cm³/mol. The van der Waals surface area contributed by atoms with E-state index in [0.29, 0.717) is 74.0 Å². The van der Waals surface area contributed by atoms with Gasteiger partial charge in [0.2, 0.25) is 11.7 Å². The normalized spacial score (nSPS) is 19.7. The molecule has 0 saturated carbocycles. The topological polar surface area (TPSA) is 136 Å². The van der Waals surface area contributed by atoms with Crippen LogP contribution in [0, 0.1) is 18.6 Å². The summed E-state index contributed by atoms with van der Waals surface area (Å²) in [5, 5.41) is 19.6. The SMILES string of the molecule is CC[C@]1(O)CN[C@H](C(=O)N2CCN(C(=O)c3ccc(Nc4nccn5c(-c6ccc(OCNC)c(F)c6F)cnc45)cc3C)CC2)C1. The molecule has 2 aromatic carbocycles. The highest BCUT2D eigenvalue weighted by Crippen LogP contribution is 2.32. The number of nitrogens with one attached hydrogen (secondary N) is 3. The Morgan fingerprint density at radius 2 is 1.87 bits per heavy atom. The van der Waals surface area contributed by atoms with E-state index in [0.717, 1.165) is 5.56 Å². The van der Waals surface area contributed by atoms with E-state index in [1.807, 2.05) is 19.9 Å². The number of nitrogens with zero attached hydrogens (tertiary/aromatic N) is 5. The number of halogens is 2. The number of carbonyl (C=O) groups excluding carboxylic acids is 2. The molecular weight excluding hydrogens is 610 g/mol. The molecule has 2 atom stereocenters. The number of aryl methyl sites for hydroxylation is 1. The number of fused-ring (bicyclic) bond motifs is 1. The quantitative estimate of drug-likeness (QED) is 0.202.